The molecule has 0 heterocycles. The standard InChI is InChI=1S/C5H6IN/c1-2-7-5-3-4-6/h2-5H,1H2/b4-3-,7-5?. The van der Waals surface area contributed by atoms with E-state index in [1.807, 2.05) is 10.2 Å². The fourth-order valence-electron chi connectivity index (χ4n) is 0.143. The minimum absolute atomic E-state index is 1.50. The Morgan fingerprint density at radius 3 is 2.71 bits per heavy atom. The molecule has 0 aliphatic rings. The van der Waals surface area contributed by atoms with Gasteiger partial charge in [-0.3, -0.25) is 4.99 Å². The van der Waals surface area contributed by atoms with Crippen LogP contribution in [-0.2, 0) is 0 Å². The van der Waals surface area contributed by atoms with Crippen LogP contribution in [0, 0.1) is 0 Å². The van der Waals surface area contributed by atoms with E-state index in [0.717, 1.165) is 0 Å². The smallest absolute Gasteiger partial charge is 0.0272 e. The van der Waals surface area contributed by atoms with Gasteiger partial charge in [-0.2, -0.15) is 0 Å². The highest BCUT2D eigenvalue weighted by atomic mass is 127. The molecule has 0 amide bonds. The van der Waals surface area contributed by atoms with Crippen LogP contribution in [0.2, 0.25) is 0 Å². The largest absolute Gasteiger partial charge is 0.265 e. The average Bonchev–Trinajstić information content (AvgIpc) is 1.69. The second-order valence-corrected chi connectivity index (χ2v) is 1.52. The summed E-state index contributed by atoms with van der Waals surface area (Å²) in [4.78, 5) is 3.71. The van der Waals surface area contributed by atoms with Crippen molar-refractivity contribution < 1.29 is 0 Å². The van der Waals surface area contributed by atoms with Gasteiger partial charge in [-0.15, -0.1) is 0 Å². The Labute approximate surface area is 57.0 Å². The molecule has 0 aromatic rings. The van der Waals surface area contributed by atoms with Crippen LogP contribution in [-0.4, -0.2) is 6.21 Å². The maximum Gasteiger partial charge on any atom is 0.0272 e. The van der Waals surface area contributed by atoms with E-state index in [0.29, 0.717) is 0 Å². The maximum atomic E-state index is 3.71. The van der Waals surface area contributed by atoms with Crippen molar-refractivity contribution in [3.05, 3.63) is 22.9 Å². The fraction of sp³-hybridized carbons (Fsp3) is 0. The molecular weight excluding hydrogens is 201 g/mol. The molecule has 0 aromatic heterocycles. The van der Waals surface area contributed by atoms with E-state index >= 15 is 0 Å². The van der Waals surface area contributed by atoms with Gasteiger partial charge in [0.05, 0.1) is 0 Å². The zero-order valence-electron chi connectivity index (χ0n) is 3.84. The number of hydrogen-bond acceptors (Lipinski definition) is 1. The molecule has 0 rings (SSSR count). The highest BCUT2D eigenvalue weighted by Crippen LogP contribution is 1.79. The molecule has 38 valence electrons. The van der Waals surface area contributed by atoms with Crippen molar-refractivity contribution in [1.29, 1.82) is 0 Å². The van der Waals surface area contributed by atoms with Crippen molar-refractivity contribution in [1.82, 2.24) is 0 Å². The summed E-state index contributed by atoms with van der Waals surface area (Å²) < 4.78 is 1.88. The molecule has 0 unspecified atom stereocenters. The number of aliphatic imine (C=N–C) groups is 1. The summed E-state index contributed by atoms with van der Waals surface area (Å²) in [7, 11) is 0. The van der Waals surface area contributed by atoms with Crippen LogP contribution in [0.5, 0.6) is 0 Å². The molecule has 0 aliphatic carbocycles. The molecule has 0 aromatic carbocycles. The number of rotatable bonds is 2. The first-order valence-corrected chi connectivity index (χ1v) is 3.06. The van der Waals surface area contributed by atoms with E-state index < -0.39 is 0 Å². The molecule has 0 atom stereocenters. The Balaban J connectivity index is 3.27. The summed E-state index contributed by atoms with van der Waals surface area (Å²) in [5.41, 5.74) is 0. The Morgan fingerprint density at radius 2 is 2.29 bits per heavy atom. The molecule has 1 nitrogen and oxygen atoms in total. The van der Waals surface area contributed by atoms with E-state index in [9.17, 15) is 0 Å². The van der Waals surface area contributed by atoms with Crippen molar-refractivity contribution in [2.45, 2.75) is 0 Å². The minimum Gasteiger partial charge on any atom is -0.265 e. The zero-order chi connectivity index (χ0) is 5.54. The Hall–Kier alpha value is -0.120. The van der Waals surface area contributed by atoms with Gasteiger partial charge in [0, 0.05) is 12.4 Å². The predicted molar refractivity (Wildman–Crippen MR) is 41.8 cm³/mol. The summed E-state index contributed by atoms with van der Waals surface area (Å²) in [5.74, 6) is 0. The summed E-state index contributed by atoms with van der Waals surface area (Å²) in [6, 6.07) is 0. The van der Waals surface area contributed by atoms with Gasteiger partial charge in [-0.25, -0.2) is 0 Å². The van der Waals surface area contributed by atoms with Crippen molar-refractivity contribution in [3.63, 3.8) is 0 Å². The molecular formula is C5H6IN. The molecule has 0 bridgehead atoms. The summed E-state index contributed by atoms with van der Waals surface area (Å²) in [6.07, 6.45) is 5.01. The summed E-state index contributed by atoms with van der Waals surface area (Å²) in [6.45, 7) is 3.40. The van der Waals surface area contributed by atoms with E-state index in [-0.39, 0.29) is 0 Å². The monoisotopic (exact) mass is 207 g/mol. The molecule has 0 saturated heterocycles. The third-order valence-electron chi connectivity index (χ3n) is 0.350. The Morgan fingerprint density at radius 1 is 1.57 bits per heavy atom. The molecule has 0 radical (unpaired) electrons. The van der Waals surface area contributed by atoms with Gasteiger partial charge in [0.25, 0.3) is 0 Å². The van der Waals surface area contributed by atoms with Crippen LogP contribution in [0.15, 0.2) is 27.9 Å². The first-order chi connectivity index (χ1) is 3.41. The summed E-state index contributed by atoms with van der Waals surface area (Å²) >= 11 is 2.12. The van der Waals surface area contributed by atoms with Gasteiger partial charge in [-0.1, -0.05) is 29.2 Å². The van der Waals surface area contributed by atoms with E-state index in [1.165, 1.54) is 6.20 Å². The van der Waals surface area contributed by atoms with Gasteiger partial charge >= 0.3 is 0 Å². The minimum atomic E-state index is 1.50. The van der Waals surface area contributed by atoms with Crippen LogP contribution in [0.25, 0.3) is 0 Å². The Kier molecular flexibility index (Phi) is 5.78. The van der Waals surface area contributed by atoms with Crippen molar-refractivity contribution in [2.24, 2.45) is 4.99 Å². The number of halogens is 1. The van der Waals surface area contributed by atoms with E-state index in [1.54, 1.807) is 6.21 Å². The predicted octanol–water partition coefficient (Wildman–Crippen LogP) is 2.15. The third-order valence-corrected chi connectivity index (χ3v) is 0.765. The summed E-state index contributed by atoms with van der Waals surface area (Å²) in [5, 5.41) is 0. The lowest BCUT2D eigenvalue weighted by Gasteiger charge is -1.65. The van der Waals surface area contributed by atoms with E-state index in [2.05, 4.69) is 34.2 Å². The van der Waals surface area contributed by atoms with Crippen molar-refractivity contribution in [2.75, 3.05) is 0 Å². The van der Waals surface area contributed by atoms with Crippen LogP contribution >= 0.6 is 22.6 Å². The van der Waals surface area contributed by atoms with Crippen LogP contribution < -0.4 is 0 Å². The van der Waals surface area contributed by atoms with Crippen molar-refractivity contribution in [3.8, 4) is 0 Å². The molecule has 2 heteroatoms. The van der Waals surface area contributed by atoms with Gasteiger partial charge in [0.15, 0.2) is 0 Å². The van der Waals surface area contributed by atoms with E-state index in [4.69, 9.17) is 0 Å². The molecule has 7 heavy (non-hydrogen) atoms. The van der Waals surface area contributed by atoms with Gasteiger partial charge < -0.3 is 0 Å². The second kappa shape index (κ2) is 5.88. The normalized spacial score (nSPS) is 11.0. The average molecular weight is 207 g/mol. The topological polar surface area (TPSA) is 12.4 Å². The van der Waals surface area contributed by atoms with Gasteiger partial charge in [0.2, 0.25) is 0 Å². The second-order valence-electron chi connectivity index (χ2n) is 0.799. The first-order valence-electron chi connectivity index (χ1n) is 1.81. The highest BCUT2D eigenvalue weighted by Gasteiger charge is 1.53. The van der Waals surface area contributed by atoms with Crippen LogP contribution in [0.1, 0.15) is 0 Å². The molecule has 0 saturated carbocycles. The molecule has 0 N–H and O–H groups in total. The fourth-order valence-corrected chi connectivity index (χ4v) is 0.329. The molecule has 0 fully saturated rings. The third kappa shape index (κ3) is 5.88. The SMILES string of the molecule is C=CN=C/C=C\I. The lowest BCUT2D eigenvalue weighted by Crippen LogP contribution is -1.54. The molecule has 0 aliphatic heterocycles. The van der Waals surface area contributed by atoms with Gasteiger partial charge in [-0.05, 0) is 10.2 Å². The number of allylic oxidation sites excluding steroid dienone is 1. The van der Waals surface area contributed by atoms with Crippen LogP contribution in [0.4, 0.5) is 0 Å². The quantitative estimate of drug-likeness (QED) is 0.485. The lowest BCUT2D eigenvalue weighted by molar-refractivity contribution is 1.63. The maximum absolute atomic E-state index is 3.71. The lowest BCUT2D eigenvalue weighted by atomic mass is 10.7. The van der Waals surface area contributed by atoms with Crippen LogP contribution in [0.3, 0.4) is 0 Å². The highest BCUT2D eigenvalue weighted by molar-refractivity contribution is 14.1. The molecule has 0 spiro atoms. The first kappa shape index (κ1) is 6.88. The van der Waals surface area contributed by atoms with Crippen molar-refractivity contribution >= 4 is 28.8 Å². The van der Waals surface area contributed by atoms with Gasteiger partial charge in [0.1, 0.15) is 0 Å². The number of nitrogens with zero attached hydrogens (tertiary/aromatic N) is 1. The Bertz CT molecular complexity index is 94.3. The zero-order valence-corrected chi connectivity index (χ0v) is 6.00. The number of hydrogen-bond donors (Lipinski definition) is 0.